The number of hydrogen-bond donors (Lipinski definition) is 2. The molecule has 1 heterocycles. The molecule has 3 aromatic rings. The first kappa shape index (κ1) is 21.0. The van der Waals surface area contributed by atoms with Crippen molar-refractivity contribution in [2.75, 3.05) is 20.2 Å². The van der Waals surface area contributed by atoms with E-state index in [1.807, 2.05) is 19.1 Å². The van der Waals surface area contributed by atoms with Crippen LogP contribution in [-0.4, -0.2) is 38.2 Å². The Morgan fingerprint density at radius 1 is 1.10 bits per heavy atom. The van der Waals surface area contributed by atoms with Gasteiger partial charge in [-0.25, -0.2) is 18.1 Å². The lowest BCUT2D eigenvalue weighted by molar-refractivity contribution is 0.414. The Balaban J connectivity index is 1.62. The Kier molecular flexibility index (Phi) is 6.31. The van der Waals surface area contributed by atoms with Crippen molar-refractivity contribution < 1.29 is 13.2 Å². The summed E-state index contributed by atoms with van der Waals surface area (Å²) in [6, 6.07) is 13.1. The Morgan fingerprint density at radius 2 is 1.79 bits per heavy atom. The molecule has 0 aliphatic rings. The van der Waals surface area contributed by atoms with Crippen LogP contribution in [0.4, 0.5) is 0 Å². The van der Waals surface area contributed by atoms with Crippen molar-refractivity contribution in [3.05, 3.63) is 64.7 Å². The Morgan fingerprint density at radius 3 is 2.48 bits per heavy atom. The third-order valence-electron chi connectivity index (χ3n) is 4.64. The molecule has 2 aromatic carbocycles. The lowest BCUT2D eigenvalue weighted by atomic mass is 10.2. The summed E-state index contributed by atoms with van der Waals surface area (Å²) in [6.07, 6.45) is 0. The minimum Gasteiger partial charge on any atom is -0.497 e. The molecule has 0 saturated carbocycles. The molecule has 0 aliphatic heterocycles. The van der Waals surface area contributed by atoms with Gasteiger partial charge in [-0.1, -0.05) is 12.1 Å². The smallest absolute Gasteiger partial charge is 0.261 e. The van der Waals surface area contributed by atoms with Crippen molar-refractivity contribution in [1.29, 1.82) is 0 Å². The van der Waals surface area contributed by atoms with E-state index >= 15 is 0 Å². The number of nitrogens with zero attached hydrogens (tertiary/aromatic N) is 2. The predicted molar refractivity (Wildman–Crippen MR) is 112 cm³/mol. The molecule has 1 unspecified atom stereocenters. The minimum absolute atomic E-state index is 0.112. The molecule has 0 aliphatic carbocycles. The maximum atomic E-state index is 12.5. The van der Waals surface area contributed by atoms with E-state index in [1.54, 1.807) is 31.3 Å². The number of fused-ring (bicyclic) bond motifs is 1. The van der Waals surface area contributed by atoms with Crippen molar-refractivity contribution >= 4 is 20.9 Å². The van der Waals surface area contributed by atoms with Crippen LogP contribution in [-0.2, 0) is 17.1 Å². The second-order valence-electron chi connectivity index (χ2n) is 6.60. The average molecular weight is 417 g/mol. The Hall–Kier alpha value is -2.75. The van der Waals surface area contributed by atoms with Gasteiger partial charge in [0.15, 0.2) is 0 Å². The van der Waals surface area contributed by atoms with Gasteiger partial charge in [-0.15, -0.1) is 0 Å². The van der Waals surface area contributed by atoms with Crippen molar-refractivity contribution in [1.82, 2.24) is 19.6 Å². The van der Waals surface area contributed by atoms with Gasteiger partial charge in [-0.2, -0.15) is 0 Å². The van der Waals surface area contributed by atoms with Crippen LogP contribution in [0.5, 0.6) is 5.75 Å². The van der Waals surface area contributed by atoms with Crippen molar-refractivity contribution in [3.8, 4) is 5.75 Å². The van der Waals surface area contributed by atoms with Crippen molar-refractivity contribution in [2.24, 2.45) is 7.05 Å². The molecule has 0 radical (unpaired) electrons. The van der Waals surface area contributed by atoms with E-state index in [-0.39, 0.29) is 23.0 Å². The Bertz CT molecular complexity index is 1160. The van der Waals surface area contributed by atoms with Gasteiger partial charge in [0.1, 0.15) is 11.6 Å². The van der Waals surface area contributed by atoms with E-state index in [9.17, 15) is 13.2 Å². The first-order valence-electron chi connectivity index (χ1n) is 9.16. The SMILES string of the molecule is COc1ccc(S(=O)(=O)NCCNC(C)c2nc3ccccc3c(=O)n2C)cc1. The summed E-state index contributed by atoms with van der Waals surface area (Å²) < 4.78 is 33.8. The van der Waals surface area contributed by atoms with Gasteiger partial charge in [0.05, 0.1) is 29.0 Å². The summed E-state index contributed by atoms with van der Waals surface area (Å²) in [5, 5.41) is 3.77. The van der Waals surface area contributed by atoms with Crippen molar-refractivity contribution in [2.45, 2.75) is 17.9 Å². The van der Waals surface area contributed by atoms with Crippen LogP contribution in [0.3, 0.4) is 0 Å². The fraction of sp³-hybridized carbons (Fsp3) is 0.300. The van der Waals surface area contributed by atoms with Gasteiger partial charge in [-0.3, -0.25) is 9.36 Å². The zero-order chi connectivity index (χ0) is 21.0. The molecule has 9 heteroatoms. The molecule has 0 saturated heterocycles. The standard InChI is InChI=1S/C20H24N4O4S/c1-14(19-23-18-7-5-4-6-17(18)20(25)24(19)2)21-12-13-22-29(26,27)16-10-8-15(28-3)9-11-16/h4-11,14,21-22H,12-13H2,1-3H3. The van der Waals surface area contributed by atoms with Crippen molar-refractivity contribution in [3.63, 3.8) is 0 Å². The molecule has 0 amide bonds. The van der Waals surface area contributed by atoms with Gasteiger partial charge >= 0.3 is 0 Å². The van der Waals surface area contributed by atoms with Crippen LogP contribution in [0.2, 0.25) is 0 Å². The van der Waals surface area contributed by atoms with E-state index in [0.717, 1.165) is 0 Å². The molecule has 2 N–H and O–H groups in total. The highest BCUT2D eigenvalue weighted by Gasteiger charge is 2.16. The highest BCUT2D eigenvalue weighted by molar-refractivity contribution is 7.89. The predicted octanol–water partition coefficient (Wildman–Crippen LogP) is 1.57. The summed E-state index contributed by atoms with van der Waals surface area (Å²) in [6.45, 7) is 2.45. The van der Waals surface area contributed by atoms with E-state index < -0.39 is 10.0 Å². The quantitative estimate of drug-likeness (QED) is 0.541. The summed E-state index contributed by atoms with van der Waals surface area (Å²) in [5.74, 6) is 1.18. The topological polar surface area (TPSA) is 102 Å². The number of aromatic nitrogens is 2. The van der Waals surface area contributed by atoms with E-state index in [1.165, 1.54) is 23.8 Å². The van der Waals surface area contributed by atoms with Gasteiger partial charge in [0.2, 0.25) is 10.0 Å². The van der Waals surface area contributed by atoms with E-state index in [2.05, 4.69) is 15.0 Å². The normalized spacial score (nSPS) is 12.8. The molecule has 0 bridgehead atoms. The zero-order valence-electron chi connectivity index (χ0n) is 16.5. The third-order valence-corrected chi connectivity index (χ3v) is 6.12. The third kappa shape index (κ3) is 4.64. The van der Waals surface area contributed by atoms with Crippen LogP contribution >= 0.6 is 0 Å². The maximum Gasteiger partial charge on any atom is 0.261 e. The molecule has 154 valence electrons. The fourth-order valence-electron chi connectivity index (χ4n) is 3.03. The van der Waals surface area contributed by atoms with Gasteiger partial charge in [-0.05, 0) is 43.3 Å². The van der Waals surface area contributed by atoms with Crippen LogP contribution in [0.1, 0.15) is 18.8 Å². The molecule has 1 atom stereocenters. The van der Waals surface area contributed by atoms with Crippen LogP contribution in [0.15, 0.2) is 58.2 Å². The maximum absolute atomic E-state index is 12.5. The first-order chi connectivity index (χ1) is 13.8. The molecule has 0 spiro atoms. The van der Waals surface area contributed by atoms with E-state index in [0.29, 0.717) is 29.0 Å². The molecule has 29 heavy (non-hydrogen) atoms. The Labute approximate surface area is 169 Å². The number of sulfonamides is 1. The first-order valence-corrected chi connectivity index (χ1v) is 10.6. The summed E-state index contributed by atoms with van der Waals surface area (Å²) in [5.41, 5.74) is 0.527. The van der Waals surface area contributed by atoms with Gasteiger partial charge < -0.3 is 10.1 Å². The summed E-state index contributed by atoms with van der Waals surface area (Å²) in [4.78, 5) is 17.3. The average Bonchev–Trinajstić information content (AvgIpc) is 2.73. The number of hydrogen-bond acceptors (Lipinski definition) is 6. The highest BCUT2D eigenvalue weighted by atomic mass is 32.2. The second kappa shape index (κ2) is 8.73. The molecule has 0 fully saturated rings. The molecule has 1 aromatic heterocycles. The van der Waals surface area contributed by atoms with Crippen LogP contribution in [0.25, 0.3) is 10.9 Å². The lowest BCUT2D eigenvalue weighted by Crippen LogP contribution is -2.35. The van der Waals surface area contributed by atoms with Crippen LogP contribution < -0.4 is 20.3 Å². The zero-order valence-corrected chi connectivity index (χ0v) is 17.4. The van der Waals surface area contributed by atoms with Gasteiger partial charge in [0, 0.05) is 20.1 Å². The minimum atomic E-state index is -3.61. The molecule has 3 rings (SSSR count). The number of ether oxygens (including phenoxy) is 1. The van der Waals surface area contributed by atoms with E-state index in [4.69, 9.17) is 4.74 Å². The largest absolute Gasteiger partial charge is 0.497 e. The number of methoxy groups -OCH3 is 1. The fourth-order valence-corrected chi connectivity index (χ4v) is 4.06. The lowest BCUT2D eigenvalue weighted by Gasteiger charge is -2.17. The number of nitrogens with one attached hydrogen (secondary N) is 2. The summed E-state index contributed by atoms with van der Waals surface area (Å²) in [7, 11) is -0.403. The highest BCUT2D eigenvalue weighted by Crippen LogP contribution is 2.15. The number of benzene rings is 2. The second-order valence-corrected chi connectivity index (χ2v) is 8.37. The number of para-hydroxylation sites is 1. The summed E-state index contributed by atoms with van der Waals surface area (Å²) >= 11 is 0. The molecular weight excluding hydrogens is 392 g/mol. The monoisotopic (exact) mass is 416 g/mol. The number of rotatable bonds is 8. The van der Waals surface area contributed by atoms with Gasteiger partial charge in [0.25, 0.3) is 5.56 Å². The molecular formula is C20H24N4O4S. The molecule has 8 nitrogen and oxygen atoms in total. The van der Waals surface area contributed by atoms with Crippen LogP contribution in [0, 0.1) is 0 Å².